The van der Waals surface area contributed by atoms with Crippen LogP contribution in [-0.4, -0.2) is 101 Å². The van der Waals surface area contributed by atoms with E-state index < -0.39 is 59.7 Å². The van der Waals surface area contributed by atoms with E-state index in [2.05, 4.69) is 5.32 Å². The van der Waals surface area contributed by atoms with Gasteiger partial charge in [0.1, 0.15) is 48.4 Å². The lowest BCUT2D eigenvalue weighted by atomic mass is 9.62. The van der Waals surface area contributed by atoms with Gasteiger partial charge < -0.3 is 34.6 Å². The fourth-order valence-electron chi connectivity index (χ4n) is 7.83. The molecule has 50 heavy (non-hydrogen) atoms. The van der Waals surface area contributed by atoms with Gasteiger partial charge in [0.2, 0.25) is 11.8 Å². The van der Waals surface area contributed by atoms with Crippen molar-refractivity contribution in [3.8, 4) is 5.75 Å². The number of amides is 2. The number of para-hydroxylation sites is 1. The molecule has 262 valence electrons. The monoisotopic (exact) mass is 683 g/mol. The van der Waals surface area contributed by atoms with E-state index in [0.717, 1.165) is 22.3 Å². The number of nitrogens with zero attached hydrogens (tertiary/aromatic N) is 2. The number of aromatic hydroxyl groups is 1. The molecule has 0 aromatic heterocycles. The summed E-state index contributed by atoms with van der Waals surface area (Å²) >= 11 is 0. The minimum atomic E-state index is -1.44. The average molecular weight is 684 g/mol. The van der Waals surface area contributed by atoms with Crippen LogP contribution in [-0.2, 0) is 52.8 Å². The van der Waals surface area contributed by atoms with Gasteiger partial charge >= 0.3 is 5.97 Å². The van der Waals surface area contributed by atoms with E-state index in [-0.39, 0.29) is 45.1 Å². The number of phenols is 1. The number of likely N-dealkylation sites (N-methyl/N-ethyl adjacent to an activating group) is 1. The van der Waals surface area contributed by atoms with E-state index in [1.807, 2.05) is 78.9 Å². The van der Waals surface area contributed by atoms with Gasteiger partial charge in [-0.1, -0.05) is 84.9 Å². The Hall–Kier alpha value is -4.59. The van der Waals surface area contributed by atoms with Crippen molar-refractivity contribution in [3.05, 3.63) is 107 Å². The van der Waals surface area contributed by atoms with Gasteiger partial charge in [-0.3, -0.25) is 19.2 Å². The number of aliphatic hydroxyl groups is 1. The molecule has 4 aliphatic rings. The molecule has 3 saturated heterocycles. The Morgan fingerprint density at radius 2 is 1.74 bits per heavy atom. The van der Waals surface area contributed by atoms with Crippen LogP contribution in [0.1, 0.15) is 28.7 Å². The molecule has 3 N–H and O–H groups in total. The molecule has 0 spiro atoms. The standard InChI is InChI=1S/C38H41N3O9/c1-40(28(35(44)39-18-19-42)20-24-10-3-2-4-11-24)37(46)38-21-30-31-32(48-23-47-31)34(38)50-41(33(38)36(45)49-30)22-27-14-6-5-12-25(27)15-9-16-26-13-7-8-17-29(26)43/h2-15,17,28,30-34,42-43H,16,18-23H2,1H3,(H,39,44)/t28-,30-,31+,32+,33+,34-,38+/m1/s1. The second kappa shape index (κ2) is 14.3. The largest absolute Gasteiger partial charge is 0.508 e. The van der Waals surface area contributed by atoms with Crippen LogP contribution in [0.5, 0.6) is 5.75 Å². The summed E-state index contributed by atoms with van der Waals surface area (Å²) in [6, 6.07) is 22.2. The fourth-order valence-corrected chi connectivity index (χ4v) is 7.83. The van der Waals surface area contributed by atoms with Crippen LogP contribution in [0.3, 0.4) is 0 Å². The molecule has 4 fully saturated rings. The van der Waals surface area contributed by atoms with Gasteiger partial charge in [-0.2, -0.15) is 5.06 Å². The van der Waals surface area contributed by atoms with Gasteiger partial charge in [0.25, 0.3) is 0 Å². The quantitative estimate of drug-likeness (QED) is 0.243. The van der Waals surface area contributed by atoms with Gasteiger partial charge in [0, 0.05) is 26.4 Å². The summed E-state index contributed by atoms with van der Waals surface area (Å²) in [5.74, 6) is -1.23. The van der Waals surface area contributed by atoms with E-state index in [9.17, 15) is 19.8 Å². The van der Waals surface area contributed by atoms with Crippen molar-refractivity contribution < 1.29 is 43.6 Å². The van der Waals surface area contributed by atoms with Gasteiger partial charge in [0.05, 0.1) is 13.2 Å². The second-order valence-electron chi connectivity index (χ2n) is 13.2. The summed E-state index contributed by atoms with van der Waals surface area (Å²) in [5.41, 5.74) is 1.92. The zero-order chi connectivity index (χ0) is 34.8. The lowest BCUT2D eigenvalue weighted by Gasteiger charge is -2.50. The Morgan fingerprint density at radius 3 is 2.52 bits per heavy atom. The van der Waals surface area contributed by atoms with Crippen molar-refractivity contribution in [2.24, 2.45) is 5.41 Å². The van der Waals surface area contributed by atoms with Gasteiger partial charge in [-0.15, -0.1) is 0 Å². The molecular weight excluding hydrogens is 642 g/mol. The molecule has 1 aliphatic carbocycles. The highest BCUT2D eigenvalue weighted by atomic mass is 16.8. The number of allylic oxidation sites excluding steroid dienone is 1. The molecule has 0 radical (unpaired) electrons. The molecule has 3 aliphatic heterocycles. The number of aliphatic hydroxyl groups excluding tert-OH is 1. The highest BCUT2D eigenvalue weighted by Gasteiger charge is 2.75. The normalized spacial score (nSPS) is 27.5. The van der Waals surface area contributed by atoms with Crippen molar-refractivity contribution in [1.82, 2.24) is 15.3 Å². The number of hydrogen-bond acceptors (Lipinski definition) is 10. The maximum Gasteiger partial charge on any atom is 0.327 e. The van der Waals surface area contributed by atoms with Crippen LogP contribution < -0.4 is 5.32 Å². The van der Waals surface area contributed by atoms with E-state index in [1.165, 1.54) is 9.96 Å². The van der Waals surface area contributed by atoms with E-state index in [4.69, 9.17) is 19.0 Å². The van der Waals surface area contributed by atoms with Crippen LogP contribution in [0.25, 0.3) is 6.08 Å². The summed E-state index contributed by atoms with van der Waals surface area (Å²) < 4.78 is 17.8. The van der Waals surface area contributed by atoms with Gasteiger partial charge in [-0.25, -0.2) is 0 Å². The highest BCUT2D eigenvalue weighted by Crippen LogP contribution is 2.56. The Labute approximate surface area is 290 Å². The van der Waals surface area contributed by atoms with Crippen molar-refractivity contribution in [1.29, 1.82) is 0 Å². The third kappa shape index (κ3) is 6.18. The molecule has 12 heteroatoms. The first-order valence-electron chi connectivity index (χ1n) is 16.9. The average Bonchev–Trinajstić information content (AvgIpc) is 3.76. The number of carbonyl (C=O) groups is 3. The molecular formula is C38H41N3O9. The third-order valence-electron chi connectivity index (χ3n) is 10.3. The zero-order valence-corrected chi connectivity index (χ0v) is 27.7. The lowest BCUT2D eigenvalue weighted by molar-refractivity contribution is -0.204. The Kier molecular flexibility index (Phi) is 9.71. The first kappa shape index (κ1) is 33.9. The first-order chi connectivity index (χ1) is 24.3. The number of fused-ring (bicyclic) bond motifs is 4. The van der Waals surface area contributed by atoms with Crippen LogP contribution >= 0.6 is 0 Å². The minimum Gasteiger partial charge on any atom is -0.508 e. The Morgan fingerprint density at radius 1 is 1.02 bits per heavy atom. The number of phenolic OH excluding ortho intramolecular Hbond substituents is 1. The van der Waals surface area contributed by atoms with Crippen molar-refractivity contribution in [3.63, 3.8) is 0 Å². The van der Waals surface area contributed by atoms with Gasteiger partial charge in [-0.05, 0) is 34.7 Å². The summed E-state index contributed by atoms with van der Waals surface area (Å²) in [6.07, 6.45) is 1.88. The van der Waals surface area contributed by atoms with Crippen LogP contribution in [0.4, 0.5) is 0 Å². The van der Waals surface area contributed by atoms with E-state index in [0.29, 0.717) is 6.42 Å². The molecule has 3 aromatic rings. The maximum atomic E-state index is 15.1. The minimum absolute atomic E-state index is 0.0290. The van der Waals surface area contributed by atoms with Crippen LogP contribution in [0.2, 0.25) is 0 Å². The van der Waals surface area contributed by atoms with E-state index in [1.54, 1.807) is 19.2 Å². The molecule has 1 saturated carbocycles. The zero-order valence-electron chi connectivity index (χ0n) is 27.7. The molecule has 2 bridgehead atoms. The summed E-state index contributed by atoms with van der Waals surface area (Å²) in [4.78, 5) is 50.7. The predicted octanol–water partition coefficient (Wildman–Crippen LogP) is 2.37. The third-order valence-corrected chi connectivity index (χ3v) is 10.3. The SMILES string of the molecule is CN(C(=O)[C@@]12C[C@H]3OC(=O)[C@@H]1N(Cc1ccccc1C=CCc1ccccc1O)O[C@@H]2[C@H]1OCO[C@H]13)[C@H](Cc1ccccc1)C(=O)NCCO. The lowest BCUT2D eigenvalue weighted by Crippen LogP contribution is -2.70. The van der Waals surface area contributed by atoms with E-state index >= 15 is 4.79 Å². The van der Waals surface area contributed by atoms with Crippen LogP contribution in [0.15, 0.2) is 84.9 Å². The number of esters is 1. The molecule has 7 atom stereocenters. The Bertz CT molecular complexity index is 1750. The van der Waals surface area contributed by atoms with Gasteiger partial charge in [0.15, 0.2) is 6.04 Å². The number of ether oxygens (including phenoxy) is 3. The second-order valence-corrected chi connectivity index (χ2v) is 13.2. The number of hydroxylamine groups is 2. The molecule has 12 nitrogen and oxygen atoms in total. The summed E-state index contributed by atoms with van der Waals surface area (Å²) in [7, 11) is 1.57. The Balaban J connectivity index is 1.21. The maximum absolute atomic E-state index is 15.1. The molecule has 3 aromatic carbocycles. The molecule has 2 amide bonds. The summed E-state index contributed by atoms with van der Waals surface area (Å²) in [5, 5.41) is 23.9. The topological polar surface area (TPSA) is 147 Å². The van der Waals surface area contributed by atoms with Crippen LogP contribution in [0, 0.1) is 5.41 Å². The van der Waals surface area contributed by atoms with Crippen molar-refractivity contribution >= 4 is 23.9 Å². The molecule has 3 heterocycles. The number of benzene rings is 3. The smallest absolute Gasteiger partial charge is 0.327 e. The molecule has 7 rings (SSSR count). The van der Waals surface area contributed by atoms with Crippen molar-refractivity contribution in [2.75, 3.05) is 27.0 Å². The number of carbonyl (C=O) groups excluding carboxylic acids is 3. The first-order valence-corrected chi connectivity index (χ1v) is 16.9. The number of nitrogens with one attached hydrogen (secondary N) is 1. The highest BCUT2D eigenvalue weighted by molar-refractivity contribution is 5.96. The fraction of sp³-hybridized carbons (Fsp3) is 0.395. The van der Waals surface area contributed by atoms with Crippen molar-refractivity contribution in [2.45, 2.75) is 62.3 Å². The number of hydrogen-bond donors (Lipinski definition) is 3. The summed E-state index contributed by atoms with van der Waals surface area (Å²) in [6.45, 7) is -0.0982. The number of rotatable bonds is 12. The molecule has 0 unspecified atom stereocenters. The predicted molar refractivity (Wildman–Crippen MR) is 180 cm³/mol.